The zero-order valence-corrected chi connectivity index (χ0v) is 17.3. The first-order valence-electron chi connectivity index (χ1n) is 10.2. The second kappa shape index (κ2) is 8.57. The first-order chi connectivity index (χ1) is 14.0. The maximum atomic E-state index is 12.6. The van der Waals surface area contributed by atoms with Gasteiger partial charge in [0.2, 0.25) is 5.91 Å². The molecule has 4 heterocycles. The molecule has 0 aromatic carbocycles. The van der Waals surface area contributed by atoms with Crippen molar-refractivity contribution in [1.29, 1.82) is 0 Å². The van der Waals surface area contributed by atoms with Gasteiger partial charge in [-0.25, -0.2) is 4.98 Å². The largest absolute Gasteiger partial charge is 0.445 e. The van der Waals surface area contributed by atoms with Gasteiger partial charge in [0.25, 0.3) is 5.91 Å². The Labute approximate surface area is 174 Å². The number of hydrogen-bond acceptors (Lipinski definition) is 6. The van der Waals surface area contributed by atoms with Crippen LogP contribution >= 0.6 is 11.6 Å². The number of carbonyl (C=O) groups is 2. The van der Waals surface area contributed by atoms with Crippen LogP contribution in [0, 0.1) is 6.92 Å². The molecule has 2 aromatic heterocycles. The van der Waals surface area contributed by atoms with E-state index in [1.807, 2.05) is 9.80 Å². The summed E-state index contributed by atoms with van der Waals surface area (Å²) in [6, 6.07) is 1.63. The summed E-state index contributed by atoms with van der Waals surface area (Å²) in [7, 11) is 0. The van der Waals surface area contributed by atoms with Crippen LogP contribution in [0.4, 0.5) is 0 Å². The lowest BCUT2D eigenvalue weighted by molar-refractivity contribution is -0.132. The van der Waals surface area contributed by atoms with E-state index in [4.69, 9.17) is 20.5 Å². The maximum absolute atomic E-state index is 12.6. The average molecular weight is 421 g/mol. The van der Waals surface area contributed by atoms with Gasteiger partial charge in [0, 0.05) is 51.0 Å². The van der Waals surface area contributed by atoms with E-state index in [0.29, 0.717) is 54.2 Å². The van der Waals surface area contributed by atoms with Crippen LogP contribution in [0.5, 0.6) is 0 Å². The second-order valence-electron chi connectivity index (χ2n) is 7.73. The molecule has 29 heavy (non-hydrogen) atoms. The van der Waals surface area contributed by atoms with E-state index in [9.17, 15) is 9.59 Å². The molecule has 2 fully saturated rings. The zero-order valence-electron chi connectivity index (χ0n) is 16.5. The van der Waals surface area contributed by atoms with Crippen LogP contribution < -0.4 is 0 Å². The molecule has 2 amide bonds. The first-order valence-corrected chi connectivity index (χ1v) is 10.5. The van der Waals surface area contributed by atoms with Crippen molar-refractivity contribution >= 4 is 23.4 Å². The van der Waals surface area contributed by atoms with Crippen LogP contribution in [0.1, 0.15) is 65.9 Å². The van der Waals surface area contributed by atoms with Crippen LogP contribution in [-0.4, -0.2) is 57.9 Å². The summed E-state index contributed by atoms with van der Waals surface area (Å²) in [6.07, 6.45) is 4.49. The summed E-state index contributed by atoms with van der Waals surface area (Å²) in [4.78, 5) is 33.3. The van der Waals surface area contributed by atoms with Crippen molar-refractivity contribution in [2.24, 2.45) is 0 Å². The van der Waals surface area contributed by atoms with E-state index >= 15 is 0 Å². The Kier molecular flexibility index (Phi) is 5.89. The average Bonchev–Trinajstić information content (AvgIpc) is 3.47. The van der Waals surface area contributed by atoms with Gasteiger partial charge in [-0.2, -0.15) is 0 Å². The fourth-order valence-corrected chi connectivity index (χ4v) is 4.19. The second-order valence-corrected chi connectivity index (χ2v) is 8.11. The highest BCUT2D eigenvalue weighted by Gasteiger charge is 2.30. The number of piperidine rings is 1. The van der Waals surface area contributed by atoms with E-state index in [1.165, 1.54) is 0 Å². The first kappa shape index (κ1) is 19.9. The molecule has 0 spiro atoms. The van der Waals surface area contributed by atoms with Crippen molar-refractivity contribution in [2.75, 3.05) is 26.2 Å². The molecule has 2 saturated heterocycles. The van der Waals surface area contributed by atoms with E-state index in [1.54, 1.807) is 13.0 Å². The number of aryl methyl sites for hydroxylation is 2. The number of carbonyl (C=O) groups excluding carboxylic acids is 2. The standard InChI is InChI=1S/C20H25ClN4O4/c1-13-18(20(27)25-8-2-3-9-25)22-19(28-13)14-6-10-24(11-7-14)17(26)5-4-15-12-16(21)23-29-15/h12,14H,2-11H2,1H3. The van der Waals surface area contributed by atoms with E-state index in [-0.39, 0.29) is 17.7 Å². The zero-order chi connectivity index (χ0) is 20.4. The molecular weight excluding hydrogens is 396 g/mol. The molecule has 4 rings (SSSR count). The van der Waals surface area contributed by atoms with Gasteiger partial charge >= 0.3 is 0 Å². The van der Waals surface area contributed by atoms with Crippen molar-refractivity contribution < 1.29 is 18.5 Å². The fraction of sp³-hybridized carbons (Fsp3) is 0.600. The quantitative estimate of drug-likeness (QED) is 0.737. The highest BCUT2D eigenvalue weighted by molar-refractivity contribution is 6.29. The number of rotatable bonds is 5. The fourth-order valence-electron chi connectivity index (χ4n) is 4.03. The molecule has 0 N–H and O–H groups in total. The summed E-state index contributed by atoms with van der Waals surface area (Å²) >= 11 is 5.73. The van der Waals surface area contributed by atoms with Crippen molar-refractivity contribution in [3.63, 3.8) is 0 Å². The highest BCUT2D eigenvalue weighted by atomic mass is 35.5. The van der Waals surface area contributed by atoms with Crippen molar-refractivity contribution in [3.05, 3.63) is 34.3 Å². The normalized spacial score (nSPS) is 17.9. The molecule has 0 saturated carbocycles. The molecule has 0 unspecified atom stereocenters. The maximum Gasteiger partial charge on any atom is 0.276 e. The Morgan fingerprint density at radius 3 is 2.55 bits per heavy atom. The summed E-state index contributed by atoms with van der Waals surface area (Å²) in [5, 5.41) is 3.92. The van der Waals surface area contributed by atoms with Gasteiger partial charge in [0.05, 0.1) is 0 Å². The summed E-state index contributed by atoms with van der Waals surface area (Å²) in [5.41, 5.74) is 0.436. The van der Waals surface area contributed by atoms with Gasteiger partial charge in [0.15, 0.2) is 16.7 Å². The van der Waals surface area contributed by atoms with Gasteiger partial charge in [-0.05, 0) is 32.6 Å². The van der Waals surface area contributed by atoms with Crippen molar-refractivity contribution in [2.45, 2.75) is 51.4 Å². The van der Waals surface area contributed by atoms with Gasteiger partial charge in [-0.1, -0.05) is 16.8 Å². The lowest BCUT2D eigenvalue weighted by atomic mass is 9.96. The van der Waals surface area contributed by atoms with Gasteiger partial charge in [-0.3, -0.25) is 9.59 Å². The third-order valence-corrected chi connectivity index (χ3v) is 5.90. The predicted molar refractivity (Wildman–Crippen MR) is 105 cm³/mol. The number of amides is 2. The Balaban J connectivity index is 1.30. The minimum Gasteiger partial charge on any atom is -0.445 e. The Bertz CT molecular complexity index is 879. The molecule has 0 atom stereocenters. The lowest BCUT2D eigenvalue weighted by Crippen LogP contribution is -2.38. The minimum atomic E-state index is -0.0323. The smallest absolute Gasteiger partial charge is 0.276 e. The van der Waals surface area contributed by atoms with Crippen LogP contribution in [-0.2, 0) is 11.2 Å². The van der Waals surface area contributed by atoms with Gasteiger partial charge in [0.1, 0.15) is 11.5 Å². The minimum absolute atomic E-state index is 0.0323. The molecule has 2 aliphatic rings. The Morgan fingerprint density at radius 1 is 1.17 bits per heavy atom. The van der Waals surface area contributed by atoms with Gasteiger partial charge < -0.3 is 18.7 Å². The lowest BCUT2D eigenvalue weighted by Gasteiger charge is -2.30. The third kappa shape index (κ3) is 4.47. The predicted octanol–water partition coefficient (Wildman–Crippen LogP) is 3.20. The van der Waals surface area contributed by atoms with Crippen molar-refractivity contribution in [3.8, 4) is 0 Å². The van der Waals surface area contributed by atoms with Crippen molar-refractivity contribution in [1.82, 2.24) is 19.9 Å². The molecular formula is C20H25ClN4O4. The summed E-state index contributed by atoms with van der Waals surface area (Å²) in [5.74, 6) is 2.00. The van der Waals surface area contributed by atoms with E-state index < -0.39 is 0 Å². The van der Waals surface area contributed by atoms with Gasteiger partial charge in [-0.15, -0.1) is 0 Å². The van der Waals surface area contributed by atoms with Crippen LogP contribution in [0.25, 0.3) is 0 Å². The molecule has 9 heteroatoms. The molecule has 2 aromatic rings. The number of aromatic nitrogens is 2. The van der Waals surface area contributed by atoms with Crippen LogP contribution in [0.2, 0.25) is 5.15 Å². The third-order valence-electron chi connectivity index (χ3n) is 5.72. The number of halogens is 1. The SMILES string of the molecule is Cc1oc(C2CCN(C(=O)CCc3cc(Cl)no3)CC2)nc1C(=O)N1CCCC1. The Morgan fingerprint density at radius 2 is 1.90 bits per heavy atom. The number of nitrogens with zero attached hydrogens (tertiary/aromatic N) is 4. The molecule has 156 valence electrons. The number of likely N-dealkylation sites (tertiary alicyclic amines) is 2. The molecule has 8 nitrogen and oxygen atoms in total. The van der Waals surface area contributed by atoms with E-state index in [0.717, 1.165) is 38.8 Å². The molecule has 0 bridgehead atoms. The summed E-state index contributed by atoms with van der Waals surface area (Å²) < 4.78 is 10.9. The van der Waals surface area contributed by atoms with Crippen LogP contribution in [0.15, 0.2) is 15.0 Å². The topological polar surface area (TPSA) is 92.7 Å². The Hall–Kier alpha value is -2.35. The number of oxazole rings is 1. The molecule has 0 radical (unpaired) electrons. The highest BCUT2D eigenvalue weighted by Crippen LogP contribution is 2.30. The molecule has 0 aliphatic carbocycles. The van der Waals surface area contributed by atoms with E-state index in [2.05, 4.69) is 10.1 Å². The monoisotopic (exact) mass is 420 g/mol. The summed E-state index contributed by atoms with van der Waals surface area (Å²) in [6.45, 7) is 4.69. The van der Waals surface area contributed by atoms with Crippen LogP contribution in [0.3, 0.4) is 0 Å². The number of hydrogen-bond donors (Lipinski definition) is 0. The molecule has 2 aliphatic heterocycles.